The number of carbonyl (C=O) groups excluding carboxylic acids is 2. The van der Waals surface area contributed by atoms with Gasteiger partial charge in [-0.15, -0.1) is 11.3 Å². The minimum atomic E-state index is -0.199. The third-order valence-electron chi connectivity index (χ3n) is 4.68. The van der Waals surface area contributed by atoms with Gasteiger partial charge in [0.1, 0.15) is 6.61 Å². The van der Waals surface area contributed by atoms with E-state index in [0.29, 0.717) is 18.2 Å². The molecule has 3 rings (SSSR count). The fourth-order valence-corrected chi connectivity index (χ4v) is 3.84. The summed E-state index contributed by atoms with van der Waals surface area (Å²) in [6.07, 6.45) is 2.36. The first-order chi connectivity index (χ1) is 13.5. The van der Waals surface area contributed by atoms with E-state index in [1.807, 2.05) is 59.6 Å². The Hall–Kier alpha value is -2.38. The van der Waals surface area contributed by atoms with Crippen molar-refractivity contribution in [3.63, 3.8) is 0 Å². The van der Waals surface area contributed by atoms with E-state index in [0.717, 1.165) is 22.7 Å². The normalized spacial score (nSPS) is 13.2. The molecule has 0 saturated heterocycles. The van der Waals surface area contributed by atoms with Crippen LogP contribution in [0, 0.1) is 5.92 Å². The van der Waals surface area contributed by atoms with Crippen LogP contribution in [0.15, 0.2) is 35.7 Å². The largest absolute Gasteiger partial charge is 0.377 e. The van der Waals surface area contributed by atoms with E-state index in [2.05, 4.69) is 5.32 Å². The van der Waals surface area contributed by atoms with Gasteiger partial charge in [-0.3, -0.25) is 9.59 Å². The molecule has 1 saturated carbocycles. The van der Waals surface area contributed by atoms with E-state index in [-0.39, 0.29) is 18.4 Å². The summed E-state index contributed by atoms with van der Waals surface area (Å²) in [4.78, 5) is 29.6. The number of hydrogen-bond acceptors (Lipinski definition) is 5. The summed E-state index contributed by atoms with van der Waals surface area (Å²) in [5.41, 5.74) is 2.74. The van der Waals surface area contributed by atoms with Crippen LogP contribution in [0.1, 0.15) is 28.1 Å². The number of anilines is 2. The molecule has 0 aliphatic heterocycles. The molecule has 1 heterocycles. The van der Waals surface area contributed by atoms with Crippen molar-refractivity contribution in [2.24, 2.45) is 5.92 Å². The van der Waals surface area contributed by atoms with E-state index >= 15 is 0 Å². The minimum absolute atomic E-state index is 0.00936. The van der Waals surface area contributed by atoms with E-state index < -0.39 is 0 Å². The number of carbonyl (C=O) groups is 2. The van der Waals surface area contributed by atoms with Gasteiger partial charge in [-0.2, -0.15) is 0 Å². The molecule has 0 bridgehead atoms. The summed E-state index contributed by atoms with van der Waals surface area (Å²) < 4.78 is 4.88. The minimum Gasteiger partial charge on any atom is -0.377 e. The average molecular weight is 402 g/mol. The van der Waals surface area contributed by atoms with Gasteiger partial charge in [0.25, 0.3) is 5.91 Å². The third kappa shape index (κ3) is 5.33. The molecule has 0 radical (unpaired) electrons. The second-order valence-electron chi connectivity index (χ2n) is 7.33. The van der Waals surface area contributed by atoms with Crippen molar-refractivity contribution in [3.05, 3.63) is 46.2 Å². The Kier molecular flexibility index (Phi) is 6.70. The van der Waals surface area contributed by atoms with Gasteiger partial charge in [-0.25, -0.2) is 0 Å². The zero-order valence-corrected chi connectivity index (χ0v) is 17.4. The maximum atomic E-state index is 13.0. The first kappa shape index (κ1) is 20.4. The number of nitrogens with zero attached hydrogens (tertiary/aromatic N) is 2. The van der Waals surface area contributed by atoms with Crippen molar-refractivity contribution in [1.82, 2.24) is 4.90 Å². The second-order valence-corrected chi connectivity index (χ2v) is 8.27. The lowest BCUT2D eigenvalue weighted by Crippen LogP contribution is -2.32. The molecule has 2 amide bonds. The summed E-state index contributed by atoms with van der Waals surface area (Å²) in [6, 6.07) is 9.58. The van der Waals surface area contributed by atoms with Gasteiger partial charge in [0.05, 0.1) is 4.88 Å². The molecule has 28 heavy (non-hydrogen) atoms. The molecule has 0 unspecified atom stereocenters. The van der Waals surface area contributed by atoms with Gasteiger partial charge in [0.2, 0.25) is 5.91 Å². The molecule has 1 N–H and O–H groups in total. The summed E-state index contributed by atoms with van der Waals surface area (Å²) in [5, 5.41) is 4.78. The first-order valence-corrected chi connectivity index (χ1v) is 10.3. The summed E-state index contributed by atoms with van der Waals surface area (Å²) in [6.45, 7) is 1.29. The van der Waals surface area contributed by atoms with Crippen molar-refractivity contribution >= 4 is 34.5 Å². The van der Waals surface area contributed by atoms with Crippen LogP contribution in [0.25, 0.3) is 0 Å². The Morgan fingerprint density at radius 1 is 1.25 bits per heavy atom. The highest BCUT2D eigenvalue weighted by atomic mass is 32.1. The third-order valence-corrected chi connectivity index (χ3v) is 5.53. The van der Waals surface area contributed by atoms with Crippen molar-refractivity contribution in [2.75, 3.05) is 44.6 Å². The highest BCUT2D eigenvalue weighted by Crippen LogP contribution is 2.32. The molecule has 0 atom stereocenters. The monoisotopic (exact) mass is 401 g/mol. The number of rotatable bonds is 9. The SMILES string of the molecule is COCC(=O)Nc1ccc(N(C)C)c(CN(CC2CC2)C(=O)c2cccs2)c1. The first-order valence-electron chi connectivity index (χ1n) is 9.39. The predicted octanol–water partition coefficient (Wildman–Crippen LogP) is 3.45. The lowest BCUT2D eigenvalue weighted by atomic mass is 10.1. The molecule has 0 spiro atoms. The Bertz CT molecular complexity index is 816. The number of hydrogen-bond donors (Lipinski definition) is 1. The smallest absolute Gasteiger partial charge is 0.264 e. The lowest BCUT2D eigenvalue weighted by Gasteiger charge is -2.26. The van der Waals surface area contributed by atoms with Crippen molar-refractivity contribution in [1.29, 1.82) is 0 Å². The quantitative estimate of drug-likeness (QED) is 0.699. The number of benzene rings is 1. The number of methoxy groups -OCH3 is 1. The molecule has 6 nitrogen and oxygen atoms in total. The lowest BCUT2D eigenvalue weighted by molar-refractivity contribution is -0.119. The van der Waals surface area contributed by atoms with Gasteiger partial charge in [0, 0.05) is 45.7 Å². The van der Waals surface area contributed by atoms with Crippen molar-refractivity contribution < 1.29 is 14.3 Å². The van der Waals surface area contributed by atoms with Crippen LogP contribution in [0.5, 0.6) is 0 Å². The van der Waals surface area contributed by atoms with E-state index in [1.165, 1.54) is 31.3 Å². The Labute approximate surface area is 170 Å². The predicted molar refractivity (Wildman–Crippen MR) is 113 cm³/mol. The van der Waals surface area contributed by atoms with Crippen LogP contribution in [-0.4, -0.2) is 51.1 Å². The number of thiophene rings is 1. The van der Waals surface area contributed by atoms with Crippen LogP contribution >= 0.6 is 11.3 Å². The van der Waals surface area contributed by atoms with Crippen molar-refractivity contribution in [2.45, 2.75) is 19.4 Å². The maximum Gasteiger partial charge on any atom is 0.264 e. The number of nitrogens with one attached hydrogen (secondary N) is 1. The molecular formula is C21H27N3O3S. The van der Waals surface area contributed by atoms with Gasteiger partial charge in [0.15, 0.2) is 0 Å². The summed E-state index contributed by atoms with van der Waals surface area (Å²) >= 11 is 1.47. The molecule has 7 heteroatoms. The van der Waals surface area contributed by atoms with Gasteiger partial charge in [-0.05, 0) is 54.0 Å². The van der Waals surface area contributed by atoms with Gasteiger partial charge < -0.3 is 19.9 Å². The zero-order chi connectivity index (χ0) is 20.1. The molecule has 1 aromatic carbocycles. The molecule has 1 fully saturated rings. The topological polar surface area (TPSA) is 61.9 Å². The second kappa shape index (κ2) is 9.21. The number of ether oxygens (including phenoxy) is 1. The maximum absolute atomic E-state index is 13.0. The van der Waals surface area contributed by atoms with Crippen LogP contribution in [0.4, 0.5) is 11.4 Å². The van der Waals surface area contributed by atoms with Crippen LogP contribution in [0.3, 0.4) is 0 Å². The Morgan fingerprint density at radius 2 is 2.04 bits per heavy atom. The van der Waals surface area contributed by atoms with Gasteiger partial charge in [-0.1, -0.05) is 6.07 Å². The highest BCUT2D eigenvalue weighted by molar-refractivity contribution is 7.12. The molecule has 2 aromatic rings. The fraction of sp³-hybridized carbons (Fsp3) is 0.429. The van der Waals surface area contributed by atoms with Crippen molar-refractivity contribution in [3.8, 4) is 0 Å². The Morgan fingerprint density at radius 3 is 2.64 bits per heavy atom. The molecule has 1 aliphatic rings. The van der Waals surface area contributed by atoms with Gasteiger partial charge >= 0.3 is 0 Å². The number of amides is 2. The highest BCUT2D eigenvalue weighted by Gasteiger charge is 2.28. The average Bonchev–Trinajstić information content (AvgIpc) is 3.30. The fourth-order valence-electron chi connectivity index (χ4n) is 3.15. The summed E-state index contributed by atoms with van der Waals surface area (Å²) in [7, 11) is 5.45. The molecule has 1 aromatic heterocycles. The van der Waals surface area contributed by atoms with Crippen LogP contribution in [-0.2, 0) is 16.1 Å². The van der Waals surface area contributed by atoms with E-state index in [1.54, 1.807) is 0 Å². The van der Waals surface area contributed by atoms with E-state index in [4.69, 9.17) is 4.74 Å². The van der Waals surface area contributed by atoms with Crippen LogP contribution in [0.2, 0.25) is 0 Å². The molecule has 150 valence electrons. The Balaban J connectivity index is 1.85. The molecular weight excluding hydrogens is 374 g/mol. The molecule has 1 aliphatic carbocycles. The van der Waals surface area contributed by atoms with Crippen LogP contribution < -0.4 is 10.2 Å². The standard InChI is InChI=1S/C21H27N3O3S/c1-23(2)18-9-8-17(22-20(25)14-27-3)11-16(18)13-24(12-15-6-7-15)21(26)19-5-4-10-28-19/h4-5,8-11,15H,6-7,12-14H2,1-3H3,(H,22,25). The zero-order valence-electron chi connectivity index (χ0n) is 16.6. The summed E-state index contributed by atoms with van der Waals surface area (Å²) in [5.74, 6) is 0.465. The van der Waals surface area contributed by atoms with E-state index in [9.17, 15) is 9.59 Å².